The fourth-order valence-corrected chi connectivity index (χ4v) is 9.03. The van der Waals surface area contributed by atoms with Gasteiger partial charge in [0.15, 0.2) is 0 Å². The molecule has 3 aliphatic carbocycles. The van der Waals surface area contributed by atoms with Gasteiger partial charge in [0, 0.05) is 30.3 Å². The Bertz CT molecular complexity index is 1290. The molecule has 6 atom stereocenters. The number of aromatic hydroxyl groups is 1. The molecule has 2 fully saturated rings. The number of phenols is 1. The summed E-state index contributed by atoms with van der Waals surface area (Å²) >= 11 is 0. The van der Waals surface area contributed by atoms with Crippen LogP contribution in [0, 0.1) is 22.7 Å². The van der Waals surface area contributed by atoms with Gasteiger partial charge in [-0.15, -0.1) is 0 Å². The molecule has 1 heterocycles. The van der Waals surface area contributed by atoms with Gasteiger partial charge in [-0.2, -0.15) is 0 Å². The van der Waals surface area contributed by atoms with E-state index in [9.17, 15) is 15.3 Å². The second-order valence-corrected chi connectivity index (χ2v) is 14.4. The van der Waals surface area contributed by atoms with Crippen LogP contribution in [-0.2, 0) is 43.5 Å². The summed E-state index contributed by atoms with van der Waals surface area (Å²) in [4.78, 5) is 22.2. The first kappa shape index (κ1) is 40.1. The van der Waals surface area contributed by atoms with E-state index in [1.165, 1.54) is 56.1 Å². The smallest absolute Gasteiger partial charge is 0.543 e. The van der Waals surface area contributed by atoms with E-state index in [-0.39, 0.29) is 38.5 Å². The van der Waals surface area contributed by atoms with Crippen LogP contribution in [0.4, 0.5) is 0 Å². The van der Waals surface area contributed by atoms with Gasteiger partial charge in [-0.3, -0.25) is 4.98 Å². The normalized spacial score (nSPS) is 27.0. The Kier molecular flexibility index (Phi) is 16.0. The summed E-state index contributed by atoms with van der Waals surface area (Å²) in [5.41, 5.74) is 3.47. The minimum atomic E-state index is -2.19. The summed E-state index contributed by atoms with van der Waals surface area (Å²) in [7, 11) is 0. The van der Waals surface area contributed by atoms with Crippen molar-refractivity contribution in [3.63, 3.8) is 0 Å². The Morgan fingerprint density at radius 2 is 1.65 bits per heavy atom. The number of nitrogens with one attached hydrogen (secondary N) is 1. The molecule has 3 aliphatic rings. The molecule has 3 unspecified atom stereocenters. The summed E-state index contributed by atoms with van der Waals surface area (Å²) in [5, 5.41) is 53.8. The van der Waals surface area contributed by atoms with Crippen LogP contribution in [0.1, 0.15) is 113 Å². The van der Waals surface area contributed by atoms with E-state index in [2.05, 4.69) is 35.4 Å². The number of aryl methyl sites for hydroxylation is 1. The number of aliphatic hydroxyl groups excluding tert-OH is 2. The number of aliphatic carboxylic acids is 2. The number of nitrogens with zero attached hydrogens (tertiary/aromatic N) is 1. The first-order chi connectivity index (χ1) is 22.6. The van der Waals surface area contributed by atoms with E-state index in [1.807, 2.05) is 24.4 Å². The number of carbonyl (C=O) groups excluding carboxylic acids is 2. The molecule has 5 rings (SSSR count). The largest absolute Gasteiger partial charge is 2.00 e. The predicted molar refractivity (Wildman–Crippen MR) is 176 cm³/mol. The second-order valence-electron chi connectivity index (χ2n) is 14.4. The number of rotatable bonds is 15. The molecular weight excluding hydrogens is 792 g/mol. The molecule has 4 N–H and O–H groups in total. The van der Waals surface area contributed by atoms with E-state index in [1.54, 1.807) is 0 Å². The number of hydrogen-bond acceptors (Lipinski definition) is 9. The van der Waals surface area contributed by atoms with Crippen molar-refractivity contribution in [2.24, 2.45) is 22.7 Å². The molecule has 1 aromatic heterocycles. The van der Waals surface area contributed by atoms with Crippen LogP contribution in [0.2, 0.25) is 0 Å². The molecule has 48 heavy (non-hydrogen) atoms. The zero-order chi connectivity index (χ0) is 33.9. The molecule has 0 radical (unpaired) electrons. The monoisotopic (exact) mass is 845 g/mol. The number of fused-ring (bicyclic) bond motifs is 5. The number of unbranched alkanes of at least 4 members (excludes halogenated alkanes) is 7. The molecule has 9 nitrogen and oxygen atoms in total. The number of pyridine rings is 1. The van der Waals surface area contributed by atoms with Crippen LogP contribution >= 0.6 is 0 Å². The number of benzene rings is 1. The number of carbonyl (C=O) groups is 2. The molecule has 1 aromatic carbocycles. The number of carboxylic acid groups (broad SMARTS) is 2. The maximum Gasteiger partial charge on any atom is 2.00 e. The number of phenolic OH excluding ortho intramolecular Hbond substituents is 1. The molecule has 2 saturated carbocycles. The first-order valence-electron chi connectivity index (χ1n) is 17.7. The van der Waals surface area contributed by atoms with Crippen LogP contribution in [0.5, 0.6) is 5.75 Å². The van der Waals surface area contributed by atoms with Gasteiger partial charge in [0.25, 0.3) is 0 Å². The van der Waals surface area contributed by atoms with Crippen molar-refractivity contribution >= 4 is 11.9 Å². The van der Waals surface area contributed by atoms with E-state index < -0.39 is 18.0 Å². The van der Waals surface area contributed by atoms with Gasteiger partial charge in [0.2, 0.25) is 0 Å². The van der Waals surface area contributed by atoms with Gasteiger partial charge in [-0.05, 0) is 110 Å². The minimum absolute atomic E-state index is 0. The van der Waals surface area contributed by atoms with Crippen molar-refractivity contribution in [3.05, 3.63) is 59.4 Å². The third-order valence-corrected chi connectivity index (χ3v) is 11.5. The molecule has 0 aliphatic heterocycles. The Morgan fingerprint density at radius 1 is 0.958 bits per heavy atom. The SMILES string of the molecule is C[C@]12CCC3c4ccc(O)cc4CCC3C1C[C@@](CO)(CCCCCCCCCCNCCc1ccccn1)[C@@H]2O.O=C([O-])C(=O)[O-].[Pt+2]. The maximum atomic E-state index is 11.7. The standard InChI is InChI=1S/C36H54N2O3.C2H2O4.Pt/c1-35-20-17-31-30-16-14-29(40)24-27(30)13-15-32(31)33(35)25-36(26-39,34(35)41)19-9-6-4-2-3-5-7-10-21-37-23-18-28-12-8-11-22-38-28;3-1(4)2(5)6;/h8,11-12,14,16,22,24,31-34,37,39-41H,2-7,9-10,13,15,17-21,23,25-26H2,1H3;(H,3,4)(H,5,6);/q;;+2/p-2/t31?,32?,33?,34-,35+,36-;;/m1../s1. The van der Waals surface area contributed by atoms with Crippen molar-refractivity contribution in [3.8, 4) is 5.75 Å². The van der Waals surface area contributed by atoms with Gasteiger partial charge >= 0.3 is 21.1 Å². The topological polar surface area (TPSA) is 166 Å². The summed E-state index contributed by atoms with van der Waals surface area (Å²) < 4.78 is 0. The van der Waals surface area contributed by atoms with Crippen molar-refractivity contribution in [1.82, 2.24) is 10.3 Å². The zero-order valence-electron chi connectivity index (χ0n) is 28.3. The van der Waals surface area contributed by atoms with Crippen molar-refractivity contribution in [1.29, 1.82) is 0 Å². The number of carboxylic acids is 2. The summed E-state index contributed by atoms with van der Waals surface area (Å²) in [5.74, 6) is -2.43. The van der Waals surface area contributed by atoms with E-state index >= 15 is 0 Å². The Balaban J connectivity index is 0.000000818. The summed E-state index contributed by atoms with van der Waals surface area (Å²) in [6, 6.07) is 12.1. The molecule has 0 bridgehead atoms. The maximum absolute atomic E-state index is 11.7. The van der Waals surface area contributed by atoms with E-state index in [4.69, 9.17) is 19.8 Å². The van der Waals surface area contributed by atoms with Crippen LogP contribution in [0.25, 0.3) is 0 Å². The third kappa shape index (κ3) is 10.1. The van der Waals surface area contributed by atoms with Gasteiger partial charge in [0.1, 0.15) is 5.75 Å². The Labute approximate surface area is 300 Å². The van der Waals surface area contributed by atoms with Gasteiger partial charge in [-0.1, -0.05) is 64.0 Å². The Hall–Kier alpha value is -2.32. The van der Waals surface area contributed by atoms with Crippen LogP contribution in [0.15, 0.2) is 42.6 Å². The molecule has 268 valence electrons. The molecule has 2 aromatic rings. The number of aliphatic hydroxyl groups is 2. The summed E-state index contributed by atoms with van der Waals surface area (Å²) in [6.45, 7) is 4.52. The molecule has 0 saturated heterocycles. The number of hydrogen-bond donors (Lipinski definition) is 4. The second kappa shape index (κ2) is 19.2. The average molecular weight is 846 g/mol. The quantitative estimate of drug-likeness (QED) is 0.155. The molecule has 0 amide bonds. The van der Waals surface area contributed by atoms with E-state index in [0.717, 1.165) is 70.2 Å². The van der Waals surface area contributed by atoms with Crippen molar-refractivity contribution in [2.75, 3.05) is 19.7 Å². The predicted octanol–water partition coefficient (Wildman–Crippen LogP) is 3.42. The zero-order valence-corrected chi connectivity index (χ0v) is 30.6. The summed E-state index contributed by atoms with van der Waals surface area (Å²) in [6.07, 6.45) is 18.7. The first-order valence-corrected chi connectivity index (χ1v) is 17.7. The van der Waals surface area contributed by atoms with Crippen molar-refractivity contribution < 1.29 is 56.2 Å². The van der Waals surface area contributed by atoms with Gasteiger partial charge in [0.05, 0.1) is 24.6 Å². The molecule has 0 spiro atoms. The third-order valence-electron chi connectivity index (χ3n) is 11.5. The fraction of sp³-hybridized carbons (Fsp3) is 0.658. The van der Waals surface area contributed by atoms with Gasteiger partial charge < -0.3 is 40.4 Å². The minimum Gasteiger partial charge on any atom is -0.543 e. The van der Waals surface area contributed by atoms with Gasteiger partial charge in [-0.25, -0.2) is 0 Å². The van der Waals surface area contributed by atoms with Crippen LogP contribution < -0.4 is 15.5 Å². The van der Waals surface area contributed by atoms with Crippen molar-refractivity contribution in [2.45, 2.75) is 115 Å². The van der Waals surface area contributed by atoms with Crippen LogP contribution in [0.3, 0.4) is 0 Å². The molecule has 10 heteroatoms. The average Bonchev–Trinajstić information content (AvgIpc) is 3.30. The Morgan fingerprint density at radius 3 is 2.29 bits per heavy atom. The molecular formula is C38H54N2O7Pt. The fourth-order valence-electron chi connectivity index (χ4n) is 9.03. The number of aromatic nitrogens is 1. The van der Waals surface area contributed by atoms with Crippen LogP contribution in [-0.4, -0.2) is 58.0 Å². The van der Waals surface area contributed by atoms with E-state index in [0.29, 0.717) is 23.5 Å².